The van der Waals surface area contributed by atoms with E-state index >= 15 is 0 Å². The summed E-state index contributed by atoms with van der Waals surface area (Å²) in [6.07, 6.45) is -4.75. The van der Waals surface area contributed by atoms with E-state index in [-0.39, 0.29) is 38.4 Å². The molecule has 1 aromatic carbocycles. The van der Waals surface area contributed by atoms with Gasteiger partial charge in [0.1, 0.15) is 0 Å². The number of amides is 2. The van der Waals surface area contributed by atoms with Crippen LogP contribution in [-0.4, -0.2) is 80.4 Å². The predicted molar refractivity (Wildman–Crippen MR) is 108 cm³/mol. The highest BCUT2D eigenvalue weighted by Gasteiger charge is 2.40. The average Bonchev–Trinajstić information content (AvgIpc) is 2.78. The van der Waals surface area contributed by atoms with Gasteiger partial charge in [-0.1, -0.05) is 12.1 Å². The second-order valence-corrected chi connectivity index (χ2v) is 9.59. The van der Waals surface area contributed by atoms with E-state index in [4.69, 9.17) is 4.74 Å². The maximum absolute atomic E-state index is 13.3. The van der Waals surface area contributed by atoms with E-state index in [1.54, 1.807) is 11.8 Å². The zero-order valence-corrected chi connectivity index (χ0v) is 18.5. The summed E-state index contributed by atoms with van der Waals surface area (Å²) in [7, 11) is -4.34. The molecule has 0 bridgehead atoms. The molecule has 2 fully saturated rings. The summed E-state index contributed by atoms with van der Waals surface area (Å²) in [4.78, 5) is 27.0. The molecule has 0 aliphatic carbocycles. The Balaban J connectivity index is 1.60. The van der Waals surface area contributed by atoms with Gasteiger partial charge in [-0.25, -0.2) is 13.2 Å². The monoisotopic (exact) mass is 477 g/mol. The van der Waals surface area contributed by atoms with Crippen LogP contribution in [0.4, 0.5) is 18.0 Å². The molecule has 0 unspecified atom stereocenters. The zero-order valence-electron chi connectivity index (χ0n) is 17.7. The van der Waals surface area contributed by atoms with Crippen molar-refractivity contribution in [2.24, 2.45) is 5.92 Å². The Morgan fingerprint density at radius 3 is 2.12 bits per heavy atom. The zero-order chi connectivity index (χ0) is 23.5. The van der Waals surface area contributed by atoms with Gasteiger partial charge < -0.3 is 14.5 Å². The van der Waals surface area contributed by atoms with Gasteiger partial charge in [-0.05, 0) is 31.9 Å². The summed E-state index contributed by atoms with van der Waals surface area (Å²) in [5, 5.41) is 0. The smallest absolute Gasteiger partial charge is 0.417 e. The highest BCUT2D eigenvalue weighted by atomic mass is 32.2. The Kier molecular flexibility index (Phi) is 7.33. The fourth-order valence-electron chi connectivity index (χ4n) is 3.99. The number of rotatable bonds is 4. The summed E-state index contributed by atoms with van der Waals surface area (Å²) < 4.78 is 71.5. The molecule has 2 saturated heterocycles. The van der Waals surface area contributed by atoms with Gasteiger partial charge in [0.2, 0.25) is 15.9 Å². The van der Waals surface area contributed by atoms with Crippen molar-refractivity contribution in [2.75, 3.05) is 45.9 Å². The van der Waals surface area contributed by atoms with Crippen LogP contribution in [0.15, 0.2) is 29.2 Å². The molecule has 8 nitrogen and oxygen atoms in total. The Morgan fingerprint density at radius 1 is 1.00 bits per heavy atom. The summed E-state index contributed by atoms with van der Waals surface area (Å²) in [6.45, 7) is 3.34. The molecule has 2 aliphatic heterocycles. The molecule has 0 atom stereocenters. The summed E-state index contributed by atoms with van der Waals surface area (Å²) >= 11 is 0. The molecule has 12 heteroatoms. The number of nitrogens with zero attached hydrogens (tertiary/aromatic N) is 3. The first kappa shape index (κ1) is 24.3. The van der Waals surface area contributed by atoms with Crippen LogP contribution in [0.25, 0.3) is 0 Å². The normalized spacial score (nSPS) is 19.1. The van der Waals surface area contributed by atoms with Crippen LogP contribution in [0.1, 0.15) is 25.3 Å². The van der Waals surface area contributed by atoms with Crippen molar-refractivity contribution in [3.63, 3.8) is 0 Å². The van der Waals surface area contributed by atoms with Crippen molar-refractivity contribution in [1.82, 2.24) is 14.1 Å². The van der Waals surface area contributed by atoms with Gasteiger partial charge >= 0.3 is 12.3 Å². The molecule has 178 valence electrons. The lowest BCUT2D eigenvalue weighted by Crippen LogP contribution is -2.53. The third kappa shape index (κ3) is 5.17. The molecule has 1 aromatic rings. The van der Waals surface area contributed by atoms with Gasteiger partial charge in [0.05, 0.1) is 17.1 Å². The van der Waals surface area contributed by atoms with Crippen LogP contribution in [0.2, 0.25) is 0 Å². The summed E-state index contributed by atoms with van der Waals surface area (Å²) in [5.74, 6) is -0.533. The number of alkyl halides is 3. The highest BCUT2D eigenvalue weighted by molar-refractivity contribution is 7.89. The minimum atomic E-state index is -4.79. The van der Waals surface area contributed by atoms with E-state index < -0.39 is 38.7 Å². The lowest BCUT2D eigenvalue weighted by atomic mass is 9.96. The Labute approximate surface area is 185 Å². The number of carbonyl (C=O) groups excluding carboxylic acids is 2. The maximum atomic E-state index is 13.3. The van der Waals surface area contributed by atoms with Crippen molar-refractivity contribution >= 4 is 22.0 Å². The van der Waals surface area contributed by atoms with Gasteiger partial charge in [0, 0.05) is 45.2 Å². The highest BCUT2D eigenvalue weighted by Crippen LogP contribution is 2.36. The number of benzene rings is 1. The Bertz CT molecular complexity index is 938. The van der Waals surface area contributed by atoms with Crippen molar-refractivity contribution in [1.29, 1.82) is 0 Å². The minimum absolute atomic E-state index is 0.0340. The van der Waals surface area contributed by atoms with Gasteiger partial charge in [0.15, 0.2) is 0 Å². The SMILES string of the molecule is CCOC(=O)N1CCN(C(=O)C2CCN(S(=O)(=O)c3ccccc3C(F)(F)F)CC2)CC1. The molecule has 0 aromatic heterocycles. The molecule has 2 aliphatic rings. The molecule has 0 saturated carbocycles. The van der Waals surface area contributed by atoms with Crippen LogP contribution < -0.4 is 0 Å². The number of hydrogen-bond acceptors (Lipinski definition) is 5. The van der Waals surface area contributed by atoms with Crippen molar-refractivity contribution in [3.05, 3.63) is 29.8 Å². The van der Waals surface area contributed by atoms with Crippen LogP contribution >= 0.6 is 0 Å². The number of halogens is 3. The molecular weight excluding hydrogens is 451 g/mol. The first-order valence-electron chi connectivity index (χ1n) is 10.4. The van der Waals surface area contributed by atoms with Crippen molar-refractivity contribution in [2.45, 2.75) is 30.8 Å². The van der Waals surface area contributed by atoms with E-state index in [0.717, 1.165) is 22.5 Å². The van der Waals surface area contributed by atoms with E-state index in [1.165, 1.54) is 11.0 Å². The first-order valence-corrected chi connectivity index (χ1v) is 11.9. The van der Waals surface area contributed by atoms with Gasteiger partial charge in [-0.15, -0.1) is 0 Å². The Morgan fingerprint density at radius 2 is 1.56 bits per heavy atom. The fourth-order valence-corrected chi connectivity index (χ4v) is 5.67. The van der Waals surface area contributed by atoms with Crippen LogP contribution in [0.5, 0.6) is 0 Å². The first-order chi connectivity index (χ1) is 15.1. The van der Waals surface area contributed by atoms with E-state index in [1.807, 2.05) is 0 Å². The molecule has 2 heterocycles. The molecule has 0 N–H and O–H groups in total. The fraction of sp³-hybridized carbons (Fsp3) is 0.600. The van der Waals surface area contributed by atoms with E-state index in [2.05, 4.69) is 0 Å². The van der Waals surface area contributed by atoms with Crippen LogP contribution in [0, 0.1) is 5.92 Å². The number of sulfonamides is 1. The molecule has 0 radical (unpaired) electrons. The van der Waals surface area contributed by atoms with Crippen molar-refractivity contribution < 1.29 is 35.9 Å². The molecule has 0 spiro atoms. The van der Waals surface area contributed by atoms with Gasteiger partial charge in [-0.2, -0.15) is 17.5 Å². The van der Waals surface area contributed by atoms with Gasteiger partial charge in [0.25, 0.3) is 0 Å². The number of carbonyl (C=O) groups is 2. The lowest BCUT2D eigenvalue weighted by Gasteiger charge is -2.38. The topological polar surface area (TPSA) is 87.2 Å². The molecule has 3 rings (SSSR count). The second-order valence-electron chi connectivity index (χ2n) is 7.68. The standard InChI is InChI=1S/C20H26F3N3O5S/c1-2-31-19(28)25-13-11-24(12-14-25)18(27)15-7-9-26(10-8-15)32(29,30)17-6-4-3-5-16(17)20(21,22)23/h3-6,15H,2,7-14H2,1H3. The van der Waals surface area contributed by atoms with Crippen LogP contribution in [-0.2, 0) is 25.7 Å². The van der Waals surface area contributed by atoms with Gasteiger partial charge in [-0.3, -0.25) is 4.79 Å². The summed E-state index contributed by atoms with van der Waals surface area (Å²) in [6, 6.07) is 4.11. The number of piperidine rings is 1. The average molecular weight is 478 g/mol. The van der Waals surface area contributed by atoms with Crippen molar-refractivity contribution in [3.8, 4) is 0 Å². The van der Waals surface area contributed by atoms with E-state index in [0.29, 0.717) is 26.2 Å². The van der Waals surface area contributed by atoms with E-state index in [9.17, 15) is 31.2 Å². The summed E-state index contributed by atoms with van der Waals surface area (Å²) in [5.41, 5.74) is -1.20. The lowest BCUT2D eigenvalue weighted by molar-refractivity contribution is -0.140. The number of ether oxygens (including phenoxy) is 1. The maximum Gasteiger partial charge on any atom is 0.417 e. The third-order valence-corrected chi connectivity index (χ3v) is 7.69. The molecule has 32 heavy (non-hydrogen) atoms. The quantitative estimate of drug-likeness (QED) is 0.665. The largest absolute Gasteiger partial charge is 0.450 e. The third-order valence-electron chi connectivity index (χ3n) is 5.73. The number of hydrogen-bond donors (Lipinski definition) is 0. The van der Waals surface area contributed by atoms with Crippen LogP contribution in [0.3, 0.4) is 0 Å². The molecular formula is C20H26F3N3O5S. The Hall–Kier alpha value is -2.34. The predicted octanol–water partition coefficient (Wildman–Crippen LogP) is 2.41. The molecule has 2 amide bonds. The number of piperazine rings is 1. The second kappa shape index (κ2) is 9.65. The minimum Gasteiger partial charge on any atom is -0.450 e.